The molecule has 0 bridgehead atoms. The van der Waals surface area contributed by atoms with Crippen LogP contribution < -0.4 is 10.2 Å². The van der Waals surface area contributed by atoms with Crippen LogP contribution in [0.1, 0.15) is 12.8 Å². The van der Waals surface area contributed by atoms with Gasteiger partial charge in [0.05, 0.1) is 23.1 Å². The van der Waals surface area contributed by atoms with Gasteiger partial charge in [-0.2, -0.15) is 0 Å². The summed E-state index contributed by atoms with van der Waals surface area (Å²) in [7, 11) is -3.09. The van der Waals surface area contributed by atoms with Crippen LogP contribution in [0.5, 0.6) is 0 Å². The number of rotatable bonds is 3. The Morgan fingerprint density at radius 2 is 2.04 bits per heavy atom. The zero-order valence-corrected chi connectivity index (χ0v) is 13.3. The highest BCUT2D eigenvalue weighted by molar-refractivity contribution is 7.91. The molecule has 0 saturated carbocycles. The highest BCUT2D eigenvalue weighted by atomic mass is 32.2. The molecule has 0 spiro atoms. The van der Waals surface area contributed by atoms with Crippen molar-refractivity contribution in [3.8, 4) is 0 Å². The number of hydrogen-bond donors (Lipinski definition) is 1. The predicted octanol–water partition coefficient (Wildman–Crippen LogP) is 1.09. The molecule has 3 rings (SSSR count). The van der Waals surface area contributed by atoms with E-state index in [1.165, 1.54) is 12.1 Å². The number of nitrogens with zero attached hydrogens (tertiary/aromatic N) is 1. The van der Waals surface area contributed by atoms with Crippen LogP contribution in [0.25, 0.3) is 0 Å². The molecule has 1 aromatic rings. The zero-order chi connectivity index (χ0) is 16.6. The summed E-state index contributed by atoms with van der Waals surface area (Å²) in [6.07, 6.45) is 0.999. The number of halogens is 2. The number of amides is 1. The van der Waals surface area contributed by atoms with Crippen LogP contribution in [0.4, 0.5) is 14.5 Å². The molecule has 2 aliphatic heterocycles. The first-order valence-electron chi connectivity index (χ1n) is 7.55. The van der Waals surface area contributed by atoms with Gasteiger partial charge < -0.3 is 10.2 Å². The van der Waals surface area contributed by atoms with Crippen molar-refractivity contribution >= 4 is 21.4 Å². The van der Waals surface area contributed by atoms with Crippen molar-refractivity contribution in [2.24, 2.45) is 5.92 Å². The van der Waals surface area contributed by atoms with Crippen LogP contribution in [-0.4, -0.2) is 45.0 Å². The monoisotopic (exact) mass is 344 g/mol. The van der Waals surface area contributed by atoms with Gasteiger partial charge in [-0.05, 0) is 25.0 Å². The third kappa shape index (κ3) is 3.63. The lowest BCUT2D eigenvalue weighted by molar-refractivity contribution is -0.124. The Kier molecular flexibility index (Phi) is 4.27. The van der Waals surface area contributed by atoms with Gasteiger partial charge in [0.25, 0.3) is 0 Å². The second-order valence-corrected chi connectivity index (χ2v) is 8.36. The van der Waals surface area contributed by atoms with Crippen LogP contribution in [-0.2, 0) is 14.6 Å². The maximum Gasteiger partial charge on any atom is 0.224 e. The zero-order valence-electron chi connectivity index (χ0n) is 12.5. The van der Waals surface area contributed by atoms with E-state index in [1.54, 1.807) is 4.90 Å². The first-order chi connectivity index (χ1) is 10.8. The minimum atomic E-state index is -3.09. The van der Waals surface area contributed by atoms with Crippen molar-refractivity contribution in [3.63, 3.8) is 0 Å². The van der Waals surface area contributed by atoms with Crippen LogP contribution in [0, 0.1) is 17.6 Å². The molecule has 8 heteroatoms. The average Bonchev–Trinajstić information content (AvgIpc) is 3.05. The molecule has 0 aliphatic carbocycles. The topological polar surface area (TPSA) is 66.5 Å². The van der Waals surface area contributed by atoms with Gasteiger partial charge in [0.1, 0.15) is 11.6 Å². The van der Waals surface area contributed by atoms with E-state index < -0.39 is 27.4 Å². The predicted molar refractivity (Wildman–Crippen MR) is 81.9 cm³/mol. The fourth-order valence-electron chi connectivity index (χ4n) is 3.16. The van der Waals surface area contributed by atoms with Gasteiger partial charge in [0.15, 0.2) is 9.84 Å². The standard InChI is InChI=1S/C15H18F2N2O3S/c16-11-1-2-14(13(17)7-11)19-5-3-12(8-19)18-15(20)10-4-6-23(21,22)9-10/h1-2,7,10,12H,3-6,8-9H2,(H,18,20). The second-order valence-electron chi connectivity index (χ2n) is 6.14. The Balaban J connectivity index is 1.59. The number of carbonyl (C=O) groups is 1. The molecule has 2 heterocycles. The summed E-state index contributed by atoms with van der Waals surface area (Å²) >= 11 is 0. The fourth-order valence-corrected chi connectivity index (χ4v) is 4.90. The largest absolute Gasteiger partial charge is 0.367 e. The Morgan fingerprint density at radius 1 is 1.26 bits per heavy atom. The molecule has 2 fully saturated rings. The molecular weight excluding hydrogens is 326 g/mol. The SMILES string of the molecule is O=C(NC1CCN(c2ccc(F)cc2F)C1)C1CCS(=O)(=O)C1. The van der Waals surface area contributed by atoms with Crippen LogP contribution >= 0.6 is 0 Å². The van der Waals surface area contributed by atoms with Crippen LogP contribution in [0.3, 0.4) is 0 Å². The molecule has 0 radical (unpaired) electrons. The van der Waals surface area contributed by atoms with Crippen molar-refractivity contribution in [2.45, 2.75) is 18.9 Å². The molecular formula is C15H18F2N2O3S. The summed E-state index contributed by atoms with van der Waals surface area (Å²) in [5, 5.41) is 2.85. The van der Waals surface area contributed by atoms with Gasteiger partial charge in [-0.1, -0.05) is 0 Å². The molecule has 2 atom stereocenters. The van der Waals surface area contributed by atoms with Crippen LogP contribution in [0.2, 0.25) is 0 Å². The van der Waals surface area contributed by atoms with Crippen molar-refractivity contribution in [2.75, 3.05) is 29.5 Å². The van der Waals surface area contributed by atoms with E-state index in [-0.39, 0.29) is 23.5 Å². The van der Waals surface area contributed by atoms with Gasteiger partial charge in [-0.3, -0.25) is 4.79 Å². The number of hydrogen-bond acceptors (Lipinski definition) is 4. The van der Waals surface area contributed by atoms with E-state index in [1.807, 2.05) is 0 Å². The van der Waals surface area contributed by atoms with E-state index in [4.69, 9.17) is 0 Å². The van der Waals surface area contributed by atoms with Crippen molar-refractivity contribution in [1.29, 1.82) is 0 Å². The summed E-state index contributed by atoms with van der Waals surface area (Å²) in [6, 6.07) is 3.27. The summed E-state index contributed by atoms with van der Waals surface area (Å²) in [4.78, 5) is 13.9. The Morgan fingerprint density at radius 3 is 2.70 bits per heavy atom. The highest BCUT2D eigenvalue weighted by Gasteiger charge is 2.35. The minimum Gasteiger partial charge on any atom is -0.367 e. The van der Waals surface area contributed by atoms with Gasteiger partial charge in [-0.25, -0.2) is 17.2 Å². The molecule has 2 aliphatic rings. The number of sulfone groups is 1. The van der Waals surface area contributed by atoms with Crippen molar-refractivity contribution in [1.82, 2.24) is 5.32 Å². The number of carbonyl (C=O) groups excluding carboxylic acids is 1. The normalized spacial score (nSPS) is 26.4. The molecule has 0 aromatic heterocycles. The lowest BCUT2D eigenvalue weighted by Gasteiger charge is -2.20. The average molecular weight is 344 g/mol. The molecule has 5 nitrogen and oxygen atoms in total. The third-order valence-electron chi connectivity index (χ3n) is 4.39. The molecule has 1 aromatic carbocycles. The van der Waals surface area contributed by atoms with E-state index >= 15 is 0 Å². The third-order valence-corrected chi connectivity index (χ3v) is 6.16. The Bertz CT molecular complexity index is 723. The fraction of sp³-hybridized carbons (Fsp3) is 0.533. The lowest BCUT2D eigenvalue weighted by Crippen LogP contribution is -2.41. The maximum absolute atomic E-state index is 13.8. The Hall–Kier alpha value is -1.70. The molecule has 1 amide bonds. The van der Waals surface area contributed by atoms with E-state index in [0.29, 0.717) is 31.6 Å². The van der Waals surface area contributed by atoms with Gasteiger partial charge in [0.2, 0.25) is 5.91 Å². The second kappa shape index (κ2) is 6.07. The summed E-state index contributed by atoms with van der Waals surface area (Å²) in [6.45, 7) is 0.976. The van der Waals surface area contributed by atoms with E-state index in [9.17, 15) is 22.0 Å². The minimum absolute atomic E-state index is 0.0582. The van der Waals surface area contributed by atoms with E-state index in [0.717, 1.165) is 6.07 Å². The molecule has 126 valence electrons. The lowest BCUT2D eigenvalue weighted by atomic mass is 10.1. The first-order valence-corrected chi connectivity index (χ1v) is 9.37. The molecule has 23 heavy (non-hydrogen) atoms. The van der Waals surface area contributed by atoms with Crippen molar-refractivity contribution in [3.05, 3.63) is 29.8 Å². The van der Waals surface area contributed by atoms with Gasteiger partial charge >= 0.3 is 0 Å². The van der Waals surface area contributed by atoms with Gasteiger partial charge in [-0.15, -0.1) is 0 Å². The summed E-state index contributed by atoms with van der Waals surface area (Å²) in [5.41, 5.74) is 0.312. The number of nitrogens with one attached hydrogen (secondary N) is 1. The number of benzene rings is 1. The molecule has 2 saturated heterocycles. The molecule has 2 unspecified atom stereocenters. The molecule has 1 N–H and O–H groups in total. The van der Waals surface area contributed by atoms with Crippen LogP contribution in [0.15, 0.2) is 18.2 Å². The van der Waals surface area contributed by atoms with Gasteiger partial charge in [0, 0.05) is 25.2 Å². The highest BCUT2D eigenvalue weighted by Crippen LogP contribution is 2.25. The van der Waals surface area contributed by atoms with E-state index in [2.05, 4.69) is 5.32 Å². The smallest absolute Gasteiger partial charge is 0.224 e. The quantitative estimate of drug-likeness (QED) is 0.892. The summed E-state index contributed by atoms with van der Waals surface area (Å²) in [5.74, 6) is -2.03. The number of anilines is 1. The maximum atomic E-state index is 13.8. The summed E-state index contributed by atoms with van der Waals surface area (Å²) < 4.78 is 49.6. The Labute approximate surface area is 133 Å². The van der Waals surface area contributed by atoms with Crippen molar-refractivity contribution < 1.29 is 22.0 Å². The first kappa shape index (κ1) is 16.2.